The van der Waals surface area contributed by atoms with Gasteiger partial charge >= 0.3 is 0 Å². The SMILES string of the molecule is O=S(=O)(Nc1cc(-c2ccncc2)no1)c1ccc(F)cc1F. The summed E-state index contributed by atoms with van der Waals surface area (Å²) in [6, 6.07) is 6.82. The Kier molecular flexibility index (Phi) is 3.78. The first-order valence-corrected chi connectivity index (χ1v) is 7.79. The topological polar surface area (TPSA) is 85.1 Å². The van der Waals surface area contributed by atoms with Crippen LogP contribution in [0.5, 0.6) is 0 Å². The first kappa shape index (κ1) is 15.1. The van der Waals surface area contributed by atoms with Crippen LogP contribution >= 0.6 is 0 Å². The Hall–Kier alpha value is -2.81. The Morgan fingerprint density at radius 3 is 2.48 bits per heavy atom. The summed E-state index contributed by atoms with van der Waals surface area (Å²) in [6.45, 7) is 0. The maximum Gasteiger partial charge on any atom is 0.267 e. The third-order valence-electron chi connectivity index (χ3n) is 2.90. The van der Waals surface area contributed by atoms with Gasteiger partial charge in [-0.3, -0.25) is 4.98 Å². The summed E-state index contributed by atoms with van der Waals surface area (Å²) in [5.74, 6) is -2.27. The molecule has 2 aromatic heterocycles. The molecule has 0 aliphatic heterocycles. The third kappa shape index (κ3) is 3.19. The summed E-state index contributed by atoms with van der Waals surface area (Å²) in [6.07, 6.45) is 3.09. The molecule has 0 unspecified atom stereocenters. The molecule has 1 aromatic carbocycles. The lowest BCUT2D eigenvalue weighted by Gasteiger charge is -2.05. The van der Waals surface area contributed by atoms with Crippen molar-refractivity contribution < 1.29 is 21.7 Å². The van der Waals surface area contributed by atoms with Crippen molar-refractivity contribution in [2.75, 3.05) is 4.72 Å². The molecule has 0 spiro atoms. The highest BCUT2D eigenvalue weighted by atomic mass is 32.2. The Labute approximate surface area is 129 Å². The second-order valence-corrected chi connectivity index (χ2v) is 6.14. The average molecular weight is 337 g/mol. The molecule has 0 saturated carbocycles. The Balaban J connectivity index is 1.88. The van der Waals surface area contributed by atoms with Crippen molar-refractivity contribution in [3.05, 3.63) is 60.4 Å². The van der Waals surface area contributed by atoms with Gasteiger partial charge in [-0.15, -0.1) is 0 Å². The monoisotopic (exact) mass is 337 g/mol. The van der Waals surface area contributed by atoms with E-state index in [1.807, 2.05) is 4.72 Å². The molecule has 0 aliphatic carbocycles. The van der Waals surface area contributed by atoms with E-state index in [1.54, 1.807) is 24.5 Å². The lowest BCUT2D eigenvalue weighted by Crippen LogP contribution is -2.14. The Morgan fingerprint density at radius 1 is 1.04 bits per heavy atom. The smallest absolute Gasteiger partial charge is 0.267 e. The van der Waals surface area contributed by atoms with Gasteiger partial charge < -0.3 is 4.52 Å². The summed E-state index contributed by atoms with van der Waals surface area (Å²) < 4.78 is 57.6. The van der Waals surface area contributed by atoms with E-state index in [9.17, 15) is 17.2 Å². The average Bonchev–Trinajstić information content (AvgIpc) is 2.95. The number of pyridine rings is 1. The molecule has 0 radical (unpaired) electrons. The predicted octanol–water partition coefficient (Wildman–Crippen LogP) is 2.82. The van der Waals surface area contributed by atoms with Gasteiger partial charge in [0.05, 0.1) is 0 Å². The largest absolute Gasteiger partial charge is 0.337 e. The lowest BCUT2D eigenvalue weighted by atomic mass is 10.2. The molecule has 3 rings (SSSR count). The highest BCUT2D eigenvalue weighted by Gasteiger charge is 2.21. The van der Waals surface area contributed by atoms with E-state index in [4.69, 9.17) is 4.52 Å². The molecule has 0 saturated heterocycles. The second-order valence-electron chi connectivity index (χ2n) is 4.49. The van der Waals surface area contributed by atoms with Gasteiger partial charge in [0.2, 0.25) is 5.88 Å². The second kappa shape index (κ2) is 5.76. The number of rotatable bonds is 4. The standard InChI is InChI=1S/C14H9F2N3O3S/c15-10-1-2-13(11(16)7-10)23(20,21)19-14-8-12(18-22-14)9-3-5-17-6-4-9/h1-8,19H. The molecule has 0 aliphatic rings. The maximum atomic E-state index is 13.6. The van der Waals surface area contributed by atoms with Crippen molar-refractivity contribution in [1.29, 1.82) is 0 Å². The van der Waals surface area contributed by atoms with Crippen LogP contribution in [0.15, 0.2) is 58.2 Å². The first-order chi connectivity index (χ1) is 11.0. The van der Waals surface area contributed by atoms with Crippen LogP contribution in [0.1, 0.15) is 0 Å². The van der Waals surface area contributed by atoms with Gasteiger partial charge in [0.1, 0.15) is 22.2 Å². The van der Waals surface area contributed by atoms with Gasteiger partial charge in [0.25, 0.3) is 10.0 Å². The lowest BCUT2D eigenvalue weighted by molar-refractivity contribution is 0.438. The zero-order valence-corrected chi connectivity index (χ0v) is 12.2. The fourth-order valence-electron chi connectivity index (χ4n) is 1.86. The number of benzene rings is 1. The fourth-order valence-corrected chi connectivity index (χ4v) is 2.90. The van der Waals surface area contributed by atoms with Gasteiger partial charge in [-0.05, 0) is 24.3 Å². The number of nitrogens with zero attached hydrogens (tertiary/aromatic N) is 2. The molecule has 3 aromatic rings. The number of nitrogens with one attached hydrogen (secondary N) is 1. The van der Waals surface area contributed by atoms with Gasteiger partial charge in [-0.1, -0.05) is 5.16 Å². The minimum Gasteiger partial charge on any atom is -0.337 e. The van der Waals surface area contributed by atoms with E-state index >= 15 is 0 Å². The molecule has 118 valence electrons. The van der Waals surface area contributed by atoms with Crippen LogP contribution in [-0.4, -0.2) is 18.6 Å². The molecule has 23 heavy (non-hydrogen) atoms. The quantitative estimate of drug-likeness (QED) is 0.791. The Morgan fingerprint density at radius 2 is 1.78 bits per heavy atom. The minimum absolute atomic E-state index is 0.194. The van der Waals surface area contributed by atoms with Crippen molar-refractivity contribution >= 4 is 15.9 Å². The fraction of sp³-hybridized carbons (Fsp3) is 0. The number of halogens is 2. The van der Waals surface area contributed by atoms with E-state index in [0.717, 1.165) is 12.1 Å². The van der Waals surface area contributed by atoms with E-state index in [1.165, 1.54) is 6.07 Å². The summed E-state index contributed by atoms with van der Waals surface area (Å²) in [5, 5.41) is 3.72. The molecule has 0 bridgehead atoms. The molecule has 0 fully saturated rings. The van der Waals surface area contributed by atoms with Crippen LogP contribution < -0.4 is 4.72 Å². The van der Waals surface area contributed by atoms with Crippen LogP contribution in [0.25, 0.3) is 11.3 Å². The van der Waals surface area contributed by atoms with Gasteiger partial charge in [0.15, 0.2) is 0 Å². The number of anilines is 1. The van der Waals surface area contributed by atoms with Gasteiger partial charge in [-0.2, -0.15) is 0 Å². The molecule has 9 heteroatoms. The van der Waals surface area contributed by atoms with Crippen molar-refractivity contribution in [3.63, 3.8) is 0 Å². The van der Waals surface area contributed by atoms with E-state index in [2.05, 4.69) is 10.1 Å². The maximum absolute atomic E-state index is 13.6. The first-order valence-electron chi connectivity index (χ1n) is 6.31. The zero-order chi connectivity index (χ0) is 16.4. The summed E-state index contributed by atoms with van der Waals surface area (Å²) in [5.41, 5.74) is 1.05. The molecule has 2 heterocycles. The van der Waals surface area contributed by atoms with Crippen molar-refractivity contribution in [1.82, 2.24) is 10.1 Å². The molecule has 0 amide bonds. The van der Waals surface area contributed by atoms with Crippen molar-refractivity contribution in [2.24, 2.45) is 0 Å². The predicted molar refractivity (Wildman–Crippen MR) is 76.9 cm³/mol. The summed E-state index contributed by atoms with van der Waals surface area (Å²) >= 11 is 0. The number of sulfonamides is 1. The van der Waals surface area contributed by atoms with E-state index in [-0.39, 0.29) is 5.88 Å². The molecular weight excluding hydrogens is 328 g/mol. The third-order valence-corrected chi connectivity index (χ3v) is 4.28. The zero-order valence-electron chi connectivity index (χ0n) is 11.4. The molecular formula is C14H9F2N3O3S. The van der Waals surface area contributed by atoms with E-state index in [0.29, 0.717) is 17.3 Å². The van der Waals surface area contributed by atoms with Crippen LogP contribution in [0, 0.1) is 11.6 Å². The van der Waals surface area contributed by atoms with Crippen LogP contribution in [0.2, 0.25) is 0 Å². The van der Waals surface area contributed by atoms with Crippen molar-refractivity contribution in [3.8, 4) is 11.3 Å². The summed E-state index contributed by atoms with van der Waals surface area (Å²) in [7, 11) is -4.27. The van der Waals surface area contributed by atoms with Crippen LogP contribution in [0.3, 0.4) is 0 Å². The number of hydrogen-bond donors (Lipinski definition) is 1. The molecule has 0 atom stereocenters. The number of hydrogen-bond acceptors (Lipinski definition) is 5. The normalized spacial score (nSPS) is 11.4. The molecule has 1 N–H and O–H groups in total. The number of aromatic nitrogens is 2. The highest BCUT2D eigenvalue weighted by molar-refractivity contribution is 7.92. The van der Waals surface area contributed by atoms with Gasteiger partial charge in [0, 0.05) is 30.1 Å². The van der Waals surface area contributed by atoms with Crippen LogP contribution in [0.4, 0.5) is 14.7 Å². The van der Waals surface area contributed by atoms with Crippen molar-refractivity contribution in [2.45, 2.75) is 4.90 Å². The highest BCUT2D eigenvalue weighted by Crippen LogP contribution is 2.24. The molecule has 6 nitrogen and oxygen atoms in total. The van der Waals surface area contributed by atoms with Crippen LogP contribution in [-0.2, 0) is 10.0 Å². The van der Waals surface area contributed by atoms with Gasteiger partial charge in [-0.25, -0.2) is 21.9 Å². The Bertz CT molecular complexity index is 943. The summed E-state index contributed by atoms with van der Waals surface area (Å²) in [4.78, 5) is 3.16. The minimum atomic E-state index is -4.27. The van der Waals surface area contributed by atoms with E-state index < -0.39 is 26.6 Å².